The van der Waals surface area contributed by atoms with Crippen molar-refractivity contribution < 1.29 is 14.1 Å². The monoisotopic (exact) mass is 416 g/mol. The van der Waals surface area contributed by atoms with Gasteiger partial charge in [-0.25, -0.2) is 4.98 Å². The zero-order chi connectivity index (χ0) is 20.8. The van der Waals surface area contributed by atoms with Crippen molar-refractivity contribution in [3.05, 3.63) is 46.4 Å². The van der Waals surface area contributed by atoms with Gasteiger partial charge in [-0.2, -0.15) is 0 Å². The van der Waals surface area contributed by atoms with E-state index in [4.69, 9.17) is 9.26 Å². The number of nitrogens with zero attached hydrogens (tertiary/aromatic N) is 3. The summed E-state index contributed by atoms with van der Waals surface area (Å²) in [6.07, 6.45) is 0.673. The molecule has 0 unspecified atom stereocenters. The molecule has 154 valence electrons. The number of thioether (sulfide) groups is 1. The number of hydrogen-bond donors (Lipinski definition) is 1. The van der Waals surface area contributed by atoms with Crippen molar-refractivity contribution in [2.24, 2.45) is 0 Å². The molecule has 0 atom stereocenters. The summed E-state index contributed by atoms with van der Waals surface area (Å²) in [5, 5.41) is 7.67. The van der Waals surface area contributed by atoms with Gasteiger partial charge < -0.3 is 9.26 Å². The van der Waals surface area contributed by atoms with E-state index in [-0.39, 0.29) is 23.1 Å². The zero-order valence-corrected chi connectivity index (χ0v) is 17.5. The number of para-hydroxylation sites is 1. The Morgan fingerprint density at radius 1 is 1.34 bits per heavy atom. The summed E-state index contributed by atoms with van der Waals surface area (Å²) in [6.45, 7) is 4.99. The highest BCUT2D eigenvalue weighted by Crippen LogP contribution is 2.20. The van der Waals surface area contributed by atoms with Gasteiger partial charge in [-0.3, -0.25) is 19.5 Å². The van der Waals surface area contributed by atoms with Crippen LogP contribution in [0.15, 0.2) is 44.8 Å². The van der Waals surface area contributed by atoms with Crippen molar-refractivity contribution in [1.82, 2.24) is 14.7 Å². The van der Waals surface area contributed by atoms with Gasteiger partial charge in [0, 0.05) is 26.3 Å². The van der Waals surface area contributed by atoms with Crippen LogP contribution in [0.5, 0.6) is 0 Å². The largest absolute Gasteiger partial charge is 0.385 e. The maximum absolute atomic E-state index is 12.9. The molecule has 29 heavy (non-hydrogen) atoms. The Morgan fingerprint density at radius 3 is 2.86 bits per heavy atom. The summed E-state index contributed by atoms with van der Waals surface area (Å²) in [7, 11) is 1.62. The number of hydrogen-bond acceptors (Lipinski definition) is 7. The molecular weight excluding hydrogens is 392 g/mol. The quantitative estimate of drug-likeness (QED) is 0.325. The highest BCUT2D eigenvalue weighted by molar-refractivity contribution is 7.99. The van der Waals surface area contributed by atoms with Gasteiger partial charge in [-0.1, -0.05) is 42.9 Å². The minimum atomic E-state index is -0.257. The molecule has 0 aliphatic rings. The van der Waals surface area contributed by atoms with E-state index in [0.717, 1.165) is 5.69 Å². The molecule has 3 aromatic rings. The van der Waals surface area contributed by atoms with Gasteiger partial charge in [0.05, 0.1) is 22.3 Å². The molecule has 1 aromatic carbocycles. The Labute approximate surface area is 172 Å². The van der Waals surface area contributed by atoms with Gasteiger partial charge >= 0.3 is 0 Å². The van der Waals surface area contributed by atoms with Crippen molar-refractivity contribution in [3.63, 3.8) is 0 Å². The lowest BCUT2D eigenvalue weighted by molar-refractivity contribution is -0.113. The number of fused-ring (bicyclic) bond motifs is 1. The molecule has 9 heteroatoms. The van der Waals surface area contributed by atoms with Crippen LogP contribution in [0.1, 0.15) is 31.9 Å². The number of ether oxygens (including phenoxy) is 1. The molecule has 0 saturated heterocycles. The van der Waals surface area contributed by atoms with Gasteiger partial charge in [-0.15, -0.1) is 0 Å². The van der Waals surface area contributed by atoms with E-state index in [1.54, 1.807) is 29.9 Å². The zero-order valence-electron chi connectivity index (χ0n) is 16.7. The van der Waals surface area contributed by atoms with E-state index in [1.807, 2.05) is 26.0 Å². The predicted octanol–water partition coefficient (Wildman–Crippen LogP) is 3.28. The molecule has 0 saturated carbocycles. The standard InChI is InChI=1S/C20H24N4O4S/c1-13(2)16-11-18(28-23-16)22-17(25)12-29-20-21-15-8-5-4-7-14(15)19(26)24(20)9-6-10-27-3/h4-5,7-8,11,13H,6,9-10,12H2,1-3H3,(H,22,25). The number of amides is 1. The molecule has 3 rings (SSSR count). The van der Waals surface area contributed by atoms with Crippen LogP contribution in [0, 0.1) is 0 Å². The molecule has 0 spiro atoms. The van der Waals surface area contributed by atoms with Crippen molar-refractivity contribution >= 4 is 34.5 Å². The molecule has 0 radical (unpaired) electrons. The first-order valence-electron chi connectivity index (χ1n) is 9.37. The molecule has 1 N–H and O–H groups in total. The number of anilines is 1. The third kappa shape index (κ3) is 5.24. The fourth-order valence-electron chi connectivity index (χ4n) is 2.75. The summed E-state index contributed by atoms with van der Waals surface area (Å²) in [5.74, 6) is 0.352. The fraction of sp³-hybridized carbons (Fsp3) is 0.400. The molecule has 0 aliphatic carbocycles. The van der Waals surface area contributed by atoms with Crippen LogP contribution in [0.2, 0.25) is 0 Å². The summed E-state index contributed by atoms with van der Waals surface area (Å²) in [6, 6.07) is 8.91. The number of carbonyl (C=O) groups is 1. The first-order valence-corrected chi connectivity index (χ1v) is 10.4. The average Bonchev–Trinajstić information content (AvgIpc) is 3.17. The van der Waals surface area contributed by atoms with Gasteiger partial charge in [0.1, 0.15) is 0 Å². The number of nitrogens with one attached hydrogen (secondary N) is 1. The van der Waals surface area contributed by atoms with Crippen LogP contribution in [-0.2, 0) is 16.1 Å². The maximum Gasteiger partial charge on any atom is 0.262 e. The van der Waals surface area contributed by atoms with Crippen LogP contribution >= 0.6 is 11.8 Å². The van der Waals surface area contributed by atoms with Gasteiger partial charge in [0.15, 0.2) is 5.16 Å². The second kappa shape index (κ2) is 9.71. The second-order valence-electron chi connectivity index (χ2n) is 6.82. The summed E-state index contributed by atoms with van der Waals surface area (Å²) in [5.41, 5.74) is 1.27. The molecule has 8 nitrogen and oxygen atoms in total. The van der Waals surface area contributed by atoms with Gasteiger partial charge in [0.25, 0.3) is 5.56 Å². The Morgan fingerprint density at radius 2 is 2.14 bits per heavy atom. The third-order valence-electron chi connectivity index (χ3n) is 4.27. The van der Waals surface area contributed by atoms with Crippen LogP contribution in [0.3, 0.4) is 0 Å². The first kappa shape index (κ1) is 21.1. The van der Waals surface area contributed by atoms with Gasteiger partial charge in [0.2, 0.25) is 11.8 Å². The van der Waals surface area contributed by atoms with E-state index in [2.05, 4.69) is 15.5 Å². The normalized spacial score (nSPS) is 11.3. The van der Waals surface area contributed by atoms with Crippen LogP contribution in [-0.4, -0.2) is 40.1 Å². The molecule has 2 aromatic heterocycles. The number of benzene rings is 1. The minimum absolute atomic E-state index is 0.0900. The van der Waals surface area contributed by atoms with Crippen LogP contribution in [0.25, 0.3) is 10.9 Å². The lowest BCUT2D eigenvalue weighted by atomic mass is 10.1. The predicted molar refractivity (Wildman–Crippen MR) is 112 cm³/mol. The SMILES string of the molecule is COCCCn1c(SCC(=O)Nc2cc(C(C)C)no2)nc2ccccc2c1=O. The van der Waals surface area contributed by atoms with Crippen LogP contribution < -0.4 is 10.9 Å². The highest BCUT2D eigenvalue weighted by Gasteiger charge is 2.15. The lowest BCUT2D eigenvalue weighted by Gasteiger charge is -2.12. The molecule has 0 bridgehead atoms. The Balaban J connectivity index is 1.75. The number of methoxy groups -OCH3 is 1. The lowest BCUT2D eigenvalue weighted by Crippen LogP contribution is -2.25. The number of aromatic nitrogens is 3. The van der Waals surface area contributed by atoms with Crippen molar-refractivity contribution in [1.29, 1.82) is 0 Å². The Bertz CT molecular complexity index is 1040. The molecular formula is C20H24N4O4S. The molecule has 0 aliphatic heterocycles. The van der Waals surface area contributed by atoms with Crippen molar-refractivity contribution in [3.8, 4) is 0 Å². The van der Waals surface area contributed by atoms with E-state index in [0.29, 0.717) is 41.5 Å². The summed E-state index contributed by atoms with van der Waals surface area (Å²) >= 11 is 1.21. The minimum Gasteiger partial charge on any atom is -0.385 e. The summed E-state index contributed by atoms with van der Waals surface area (Å²) < 4.78 is 11.8. The highest BCUT2D eigenvalue weighted by atomic mass is 32.2. The fourth-order valence-corrected chi connectivity index (χ4v) is 3.57. The van der Waals surface area contributed by atoms with Gasteiger partial charge in [-0.05, 0) is 24.5 Å². The van der Waals surface area contributed by atoms with E-state index in [1.165, 1.54) is 11.8 Å². The first-order chi connectivity index (χ1) is 14.0. The molecule has 2 heterocycles. The van der Waals surface area contributed by atoms with E-state index in [9.17, 15) is 9.59 Å². The average molecular weight is 417 g/mol. The van der Waals surface area contributed by atoms with E-state index >= 15 is 0 Å². The molecule has 0 fully saturated rings. The number of rotatable bonds is 9. The van der Waals surface area contributed by atoms with E-state index < -0.39 is 0 Å². The topological polar surface area (TPSA) is 99.2 Å². The maximum atomic E-state index is 12.9. The van der Waals surface area contributed by atoms with Crippen molar-refractivity contribution in [2.45, 2.75) is 37.9 Å². The Hall–Kier alpha value is -2.65. The summed E-state index contributed by atoms with van der Waals surface area (Å²) in [4.78, 5) is 29.8. The van der Waals surface area contributed by atoms with Crippen LogP contribution in [0.4, 0.5) is 5.88 Å². The smallest absolute Gasteiger partial charge is 0.262 e. The molecule has 1 amide bonds. The second-order valence-corrected chi connectivity index (χ2v) is 7.76. The van der Waals surface area contributed by atoms with Crippen molar-refractivity contribution in [2.75, 3.05) is 24.8 Å². The number of carbonyl (C=O) groups excluding carboxylic acids is 1. The Kier molecular flexibility index (Phi) is 7.05. The third-order valence-corrected chi connectivity index (χ3v) is 5.25.